The highest BCUT2D eigenvalue weighted by Gasteiger charge is 2.32. The van der Waals surface area contributed by atoms with Gasteiger partial charge in [0.25, 0.3) is 0 Å². The van der Waals surface area contributed by atoms with E-state index in [1.54, 1.807) is 17.0 Å². The van der Waals surface area contributed by atoms with Crippen LogP contribution in [-0.4, -0.2) is 34.7 Å². The van der Waals surface area contributed by atoms with Gasteiger partial charge in [-0.3, -0.25) is 4.79 Å². The molecule has 2 aromatic rings. The molecule has 1 amide bonds. The number of hydrogen-bond acceptors (Lipinski definition) is 5. The van der Waals surface area contributed by atoms with Crippen molar-refractivity contribution in [2.45, 2.75) is 64.2 Å². The molecule has 2 heterocycles. The number of benzene rings is 1. The minimum atomic E-state index is -0.933. The molecular weight excluding hydrogens is 402 g/mol. The fourth-order valence-corrected chi connectivity index (χ4v) is 4.52. The van der Waals surface area contributed by atoms with Crippen molar-refractivity contribution in [2.75, 3.05) is 11.5 Å². The summed E-state index contributed by atoms with van der Waals surface area (Å²) in [6.07, 6.45) is 4.73. The van der Waals surface area contributed by atoms with Crippen molar-refractivity contribution in [3.8, 4) is 0 Å². The Labute approximate surface area is 181 Å². The summed E-state index contributed by atoms with van der Waals surface area (Å²) in [6, 6.07) is 10.9. The van der Waals surface area contributed by atoms with Gasteiger partial charge in [0.2, 0.25) is 5.91 Å². The molecule has 0 aliphatic carbocycles. The Morgan fingerprint density at radius 1 is 1.23 bits per heavy atom. The summed E-state index contributed by atoms with van der Waals surface area (Å²) >= 11 is 1.20. The summed E-state index contributed by atoms with van der Waals surface area (Å²) < 4.78 is 5.80. The van der Waals surface area contributed by atoms with Crippen LogP contribution in [0.5, 0.6) is 0 Å². The van der Waals surface area contributed by atoms with E-state index in [9.17, 15) is 14.7 Å². The summed E-state index contributed by atoms with van der Waals surface area (Å²) in [5, 5.41) is 19.3. The van der Waals surface area contributed by atoms with E-state index >= 15 is 0 Å². The lowest BCUT2D eigenvalue weighted by Crippen LogP contribution is -2.36. The first-order valence-corrected chi connectivity index (χ1v) is 11.3. The Hall–Kier alpha value is -2.22. The van der Waals surface area contributed by atoms with Gasteiger partial charge >= 0.3 is 5.97 Å². The number of aromatic carboxylic acids is 1. The van der Waals surface area contributed by atoms with Crippen molar-refractivity contribution in [1.82, 2.24) is 0 Å². The van der Waals surface area contributed by atoms with Crippen LogP contribution in [0.25, 0.3) is 0 Å². The van der Waals surface area contributed by atoms with E-state index in [4.69, 9.17) is 9.84 Å². The van der Waals surface area contributed by atoms with Crippen molar-refractivity contribution >= 4 is 28.9 Å². The van der Waals surface area contributed by atoms with Crippen LogP contribution in [0.1, 0.15) is 71.7 Å². The van der Waals surface area contributed by atoms with Gasteiger partial charge in [-0.1, -0.05) is 38.3 Å². The average Bonchev–Trinajstić information content (AvgIpc) is 3.35. The fourth-order valence-electron chi connectivity index (χ4n) is 3.73. The molecule has 1 aromatic carbocycles. The molecule has 7 heteroatoms. The maximum absolute atomic E-state index is 12.4. The SMILES string of the molecule is CCCCCC(O)c1ccc(N2C(=O)CC[C@H]2COCc2ccc(C(=O)O)s2)cc1. The van der Waals surface area contributed by atoms with Crippen molar-refractivity contribution < 1.29 is 24.5 Å². The zero-order valence-electron chi connectivity index (χ0n) is 17.3. The minimum absolute atomic E-state index is 0.0447. The minimum Gasteiger partial charge on any atom is -0.477 e. The molecule has 1 aliphatic rings. The van der Waals surface area contributed by atoms with Gasteiger partial charge in [0.1, 0.15) is 4.88 Å². The number of carbonyl (C=O) groups is 2. The second kappa shape index (κ2) is 10.7. The number of nitrogens with zero attached hydrogens (tertiary/aromatic N) is 1. The van der Waals surface area contributed by atoms with Gasteiger partial charge < -0.3 is 19.8 Å². The number of aliphatic hydroxyl groups is 1. The van der Waals surface area contributed by atoms with E-state index < -0.39 is 12.1 Å². The number of carboxylic acid groups (broad SMARTS) is 1. The second-order valence-corrected chi connectivity index (χ2v) is 8.81. The molecule has 6 nitrogen and oxygen atoms in total. The number of unbranched alkanes of at least 4 members (excludes halogenated alkanes) is 2. The third-order valence-electron chi connectivity index (χ3n) is 5.39. The molecule has 162 valence electrons. The maximum atomic E-state index is 12.4. The highest BCUT2D eigenvalue weighted by Crippen LogP contribution is 2.29. The molecule has 30 heavy (non-hydrogen) atoms. The number of rotatable bonds is 11. The highest BCUT2D eigenvalue weighted by atomic mass is 32.1. The molecule has 0 spiro atoms. The fraction of sp³-hybridized carbons (Fsp3) is 0.478. The standard InChI is InChI=1S/C23H29NO5S/c1-2-3-4-5-20(25)16-6-8-17(9-7-16)24-18(10-13-22(24)26)14-29-15-19-11-12-21(30-19)23(27)28/h6-9,11-12,18,20,25H,2-5,10,13-15H2,1H3,(H,27,28)/t18-,20?/m0/s1. The molecule has 0 saturated carbocycles. The summed E-state index contributed by atoms with van der Waals surface area (Å²) in [4.78, 5) is 26.4. The molecule has 1 fully saturated rings. The molecule has 0 radical (unpaired) electrons. The number of ether oxygens (including phenoxy) is 1. The first-order chi connectivity index (χ1) is 14.5. The van der Waals surface area contributed by atoms with Crippen molar-refractivity contribution in [2.24, 2.45) is 0 Å². The number of thiophene rings is 1. The predicted molar refractivity (Wildman–Crippen MR) is 117 cm³/mol. The van der Waals surface area contributed by atoms with Gasteiger partial charge in [-0.25, -0.2) is 4.79 Å². The number of aliphatic hydroxyl groups excluding tert-OH is 1. The number of anilines is 1. The molecule has 2 N–H and O–H groups in total. The molecule has 0 bridgehead atoms. The number of carbonyl (C=O) groups excluding carboxylic acids is 1. The van der Waals surface area contributed by atoms with E-state index in [0.29, 0.717) is 24.5 Å². The monoisotopic (exact) mass is 431 g/mol. The van der Waals surface area contributed by atoms with Gasteiger partial charge in [0, 0.05) is 17.0 Å². The normalized spacial score (nSPS) is 17.5. The van der Waals surface area contributed by atoms with Crippen molar-refractivity contribution in [1.29, 1.82) is 0 Å². The Balaban J connectivity index is 1.56. The van der Waals surface area contributed by atoms with Crippen molar-refractivity contribution in [3.63, 3.8) is 0 Å². The van der Waals surface area contributed by atoms with Gasteiger partial charge in [0.05, 0.1) is 25.4 Å². The lowest BCUT2D eigenvalue weighted by Gasteiger charge is -2.25. The molecule has 1 aliphatic heterocycles. The van der Waals surface area contributed by atoms with Crippen LogP contribution in [0.15, 0.2) is 36.4 Å². The van der Waals surface area contributed by atoms with Gasteiger partial charge in [-0.05, 0) is 42.7 Å². The Morgan fingerprint density at radius 3 is 2.67 bits per heavy atom. The number of carboxylic acids is 1. The summed E-state index contributed by atoms with van der Waals surface area (Å²) in [5.41, 5.74) is 1.70. The van der Waals surface area contributed by atoms with Crippen LogP contribution in [0.2, 0.25) is 0 Å². The predicted octanol–water partition coefficient (Wildman–Crippen LogP) is 4.77. The van der Waals surface area contributed by atoms with Crippen LogP contribution < -0.4 is 4.90 Å². The van der Waals surface area contributed by atoms with E-state index in [1.165, 1.54) is 11.3 Å². The van der Waals surface area contributed by atoms with Gasteiger partial charge in [-0.15, -0.1) is 11.3 Å². The largest absolute Gasteiger partial charge is 0.477 e. The van der Waals surface area contributed by atoms with Gasteiger partial charge in [0.15, 0.2) is 0 Å². The summed E-state index contributed by atoms with van der Waals surface area (Å²) in [6.45, 7) is 2.87. The lowest BCUT2D eigenvalue weighted by atomic mass is 10.0. The molecule has 1 unspecified atom stereocenters. The third-order valence-corrected chi connectivity index (χ3v) is 6.44. The van der Waals surface area contributed by atoms with Crippen LogP contribution in [0, 0.1) is 0 Å². The van der Waals surface area contributed by atoms with E-state index in [1.807, 2.05) is 24.3 Å². The average molecular weight is 432 g/mol. The molecule has 2 atom stereocenters. The smallest absolute Gasteiger partial charge is 0.345 e. The Bertz CT molecular complexity index is 848. The number of hydrogen-bond donors (Lipinski definition) is 2. The topological polar surface area (TPSA) is 87.1 Å². The zero-order chi connectivity index (χ0) is 21.5. The third kappa shape index (κ3) is 5.68. The van der Waals surface area contributed by atoms with Crippen LogP contribution in [-0.2, 0) is 16.1 Å². The first kappa shape index (κ1) is 22.5. The first-order valence-electron chi connectivity index (χ1n) is 10.5. The van der Waals surface area contributed by atoms with E-state index in [-0.39, 0.29) is 11.9 Å². The van der Waals surface area contributed by atoms with Crippen LogP contribution in [0.3, 0.4) is 0 Å². The highest BCUT2D eigenvalue weighted by molar-refractivity contribution is 7.13. The lowest BCUT2D eigenvalue weighted by molar-refractivity contribution is -0.117. The zero-order valence-corrected chi connectivity index (χ0v) is 18.1. The number of amides is 1. The maximum Gasteiger partial charge on any atom is 0.345 e. The summed E-state index contributed by atoms with van der Waals surface area (Å²) in [5.74, 6) is -0.859. The quantitative estimate of drug-likeness (QED) is 0.500. The van der Waals surface area contributed by atoms with Crippen LogP contribution in [0.4, 0.5) is 5.69 Å². The Morgan fingerprint density at radius 2 is 2.00 bits per heavy atom. The Kier molecular flexibility index (Phi) is 8.01. The summed E-state index contributed by atoms with van der Waals surface area (Å²) in [7, 11) is 0. The molecule has 1 aromatic heterocycles. The van der Waals surface area contributed by atoms with E-state index in [0.717, 1.165) is 48.2 Å². The molecular formula is C23H29NO5S. The molecule has 1 saturated heterocycles. The van der Waals surface area contributed by atoms with E-state index in [2.05, 4.69) is 6.92 Å². The second-order valence-electron chi connectivity index (χ2n) is 7.65. The van der Waals surface area contributed by atoms with Crippen molar-refractivity contribution in [3.05, 3.63) is 51.7 Å². The molecule has 3 rings (SSSR count). The van der Waals surface area contributed by atoms with Gasteiger partial charge in [-0.2, -0.15) is 0 Å². The van der Waals surface area contributed by atoms with Crippen LogP contribution >= 0.6 is 11.3 Å².